The third-order valence-corrected chi connectivity index (χ3v) is 4.05. The Bertz CT molecular complexity index is 236. The number of nitrogens with zero attached hydrogens (tertiary/aromatic N) is 1. The SMILES string of the molecule is NC1CCCCCC1C(=O)N1CCCCC1. The number of hydrogen-bond donors (Lipinski definition) is 1. The van der Waals surface area contributed by atoms with Gasteiger partial charge in [-0.15, -0.1) is 0 Å². The normalized spacial score (nSPS) is 32.2. The first kappa shape index (κ1) is 11.9. The Hall–Kier alpha value is -0.570. The number of rotatable bonds is 1. The van der Waals surface area contributed by atoms with Gasteiger partial charge in [-0.2, -0.15) is 0 Å². The van der Waals surface area contributed by atoms with Crippen LogP contribution in [0.4, 0.5) is 0 Å². The summed E-state index contributed by atoms with van der Waals surface area (Å²) in [5.74, 6) is 0.453. The first-order chi connectivity index (χ1) is 7.79. The Morgan fingerprint density at radius 3 is 2.31 bits per heavy atom. The van der Waals surface area contributed by atoms with E-state index in [4.69, 9.17) is 5.73 Å². The van der Waals surface area contributed by atoms with Crippen LogP contribution in [0.25, 0.3) is 0 Å². The summed E-state index contributed by atoms with van der Waals surface area (Å²) in [7, 11) is 0. The van der Waals surface area contributed by atoms with Crippen LogP contribution in [0.1, 0.15) is 51.4 Å². The maximum Gasteiger partial charge on any atom is 0.227 e. The number of nitrogens with two attached hydrogens (primary N) is 1. The molecule has 3 heteroatoms. The lowest BCUT2D eigenvalue weighted by Crippen LogP contribution is -2.45. The maximum atomic E-state index is 12.4. The van der Waals surface area contributed by atoms with Crippen molar-refractivity contribution in [3.05, 3.63) is 0 Å². The predicted octanol–water partition coefficient (Wildman–Crippen LogP) is 1.91. The van der Waals surface area contributed by atoms with Gasteiger partial charge in [0.25, 0.3) is 0 Å². The van der Waals surface area contributed by atoms with Gasteiger partial charge in [-0.05, 0) is 32.1 Å². The quantitative estimate of drug-likeness (QED) is 0.692. The summed E-state index contributed by atoms with van der Waals surface area (Å²) in [6.45, 7) is 1.92. The standard InChI is InChI=1S/C13H24N2O/c14-12-8-4-1-3-7-11(12)13(16)15-9-5-2-6-10-15/h11-12H,1-10,14H2. The van der Waals surface area contributed by atoms with Crippen molar-refractivity contribution in [2.75, 3.05) is 13.1 Å². The van der Waals surface area contributed by atoms with Crippen molar-refractivity contribution in [1.29, 1.82) is 0 Å². The Labute approximate surface area is 98.4 Å². The minimum atomic E-state index is 0.108. The van der Waals surface area contributed by atoms with Crippen LogP contribution in [-0.4, -0.2) is 29.9 Å². The molecule has 0 bridgehead atoms. The Kier molecular flexibility index (Phi) is 4.22. The molecule has 1 aliphatic heterocycles. The number of likely N-dealkylation sites (tertiary alicyclic amines) is 1. The second-order valence-electron chi connectivity index (χ2n) is 5.29. The van der Waals surface area contributed by atoms with E-state index >= 15 is 0 Å². The van der Waals surface area contributed by atoms with E-state index in [0.717, 1.165) is 25.9 Å². The number of carbonyl (C=O) groups excluding carboxylic acids is 1. The largest absolute Gasteiger partial charge is 0.342 e. The lowest BCUT2D eigenvalue weighted by Gasteiger charge is -2.32. The van der Waals surface area contributed by atoms with Crippen molar-refractivity contribution in [2.24, 2.45) is 11.7 Å². The lowest BCUT2D eigenvalue weighted by atomic mass is 9.93. The van der Waals surface area contributed by atoms with Crippen molar-refractivity contribution >= 4 is 5.91 Å². The van der Waals surface area contributed by atoms with Crippen LogP contribution in [0.3, 0.4) is 0 Å². The van der Waals surface area contributed by atoms with Crippen LogP contribution in [0.5, 0.6) is 0 Å². The topological polar surface area (TPSA) is 46.3 Å². The van der Waals surface area contributed by atoms with Crippen molar-refractivity contribution < 1.29 is 4.79 Å². The molecule has 0 spiro atoms. The fourth-order valence-corrected chi connectivity index (χ4v) is 2.99. The number of carbonyl (C=O) groups is 1. The van der Waals surface area contributed by atoms with E-state index in [1.807, 2.05) is 0 Å². The maximum absolute atomic E-state index is 12.4. The molecule has 0 aromatic heterocycles. The van der Waals surface area contributed by atoms with Gasteiger partial charge >= 0.3 is 0 Å². The second kappa shape index (κ2) is 5.67. The minimum absolute atomic E-state index is 0.108. The molecule has 2 fully saturated rings. The fraction of sp³-hybridized carbons (Fsp3) is 0.923. The highest BCUT2D eigenvalue weighted by Crippen LogP contribution is 2.25. The summed E-state index contributed by atoms with van der Waals surface area (Å²) in [6, 6.07) is 0.108. The van der Waals surface area contributed by atoms with Gasteiger partial charge in [-0.25, -0.2) is 0 Å². The van der Waals surface area contributed by atoms with Gasteiger partial charge in [0.2, 0.25) is 5.91 Å². The lowest BCUT2D eigenvalue weighted by molar-refractivity contribution is -0.137. The monoisotopic (exact) mass is 224 g/mol. The third kappa shape index (κ3) is 2.76. The minimum Gasteiger partial charge on any atom is -0.342 e. The molecule has 0 aromatic carbocycles. The summed E-state index contributed by atoms with van der Waals surface area (Å²) in [4.78, 5) is 14.4. The Morgan fingerprint density at radius 1 is 0.938 bits per heavy atom. The van der Waals surface area contributed by atoms with Gasteiger partial charge in [-0.1, -0.05) is 19.3 Å². The highest BCUT2D eigenvalue weighted by Gasteiger charge is 2.30. The van der Waals surface area contributed by atoms with Crippen molar-refractivity contribution in [3.63, 3.8) is 0 Å². The van der Waals surface area contributed by atoms with E-state index in [-0.39, 0.29) is 12.0 Å². The Morgan fingerprint density at radius 2 is 1.56 bits per heavy atom. The predicted molar refractivity (Wildman–Crippen MR) is 65.0 cm³/mol. The van der Waals surface area contributed by atoms with Crippen LogP contribution in [0.2, 0.25) is 0 Å². The molecule has 1 heterocycles. The summed E-state index contributed by atoms with van der Waals surface area (Å²) in [5.41, 5.74) is 6.14. The summed E-state index contributed by atoms with van der Waals surface area (Å²) in [5, 5.41) is 0. The summed E-state index contributed by atoms with van der Waals surface area (Å²) < 4.78 is 0. The summed E-state index contributed by atoms with van der Waals surface area (Å²) in [6.07, 6.45) is 9.29. The molecule has 1 amide bonds. The van der Waals surface area contributed by atoms with Crippen LogP contribution in [0, 0.1) is 5.92 Å². The van der Waals surface area contributed by atoms with Crippen LogP contribution < -0.4 is 5.73 Å². The molecule has 2 aliphatic rings. The highest BCUT2D eigenvalue weighted by molar-refractivity contribution is 5.79. The van der Waals surface area contributed by atoms with Crippen molar-refractivity contribution in [3.8, 4) is 0 Å². The average Bonchev–Trinajstić information content (AvgIpc) is 2.54. The molecular formula is C13H24N2O. The van der Waals surface area contributed by atoms with Crippen LogP contribution >= 0.6 is 0 Å². The first-order valence-electron chi connectivity index (χ1n) is 6.83. The van der Waals surface area contributed by atoms with E-state index in [9.17, 15) is 4.79 Å². The smallest absolute Gasteiger partial charge is 0.227 e. The Balaban J connectivity index is 1.95. The zero-order chi connectivity index (χ0) is 11.4. The number of amides is 1. The molecule has 0 radical (unpaired) electrons. The average molecular weight is 224 g/mol. The van der Waals surface area contributed by atoms with Gasteiger partial charge < -0.3 is 10.6 Å². The molecule has 1 saturated heterocycles. The zero-order valence-electron chi connectivity index (χ0n) is 10.2. The molecule has 1 saturated carbocycles. The van der Waals surface area contributed by atoms with Gasteiger partial charge in [0.15, 0.2) is 0 Å². The third-order valence-electron chi connectivity index (χ3n) is 4.05. The molecule has 92 valence electrons. The first-order valence-corrected chi connectivity index (χ1v) is 6.83. The van der Waals surface area contributed by atoms with Crippen LogP contribution in [-0.2, 0) is 4.79 Å². The fourth-order valence-electron chi connectivity index (χ4n) is 2.99. The molecule has 1 aliphatic carbocycles. The molecular weight excluding hydrogens is 200 g/mol. The summed E-state index contributed by atoms with van der Waals surface area (Å²) >= 11 is 0. The number of piperidine rings is 1. The molecule has 2 unspecified atom stereocenters. The molecule has 0 aromatic rings. The highest BCUT2D eigenvalue weighted by atomic mass is 16.2. The molecule has 2 N–H and O–H groups in total. The van der Waals surface area contributed by atoms with Gasteiger partial charge in [-0.3, -0.25) is 4.79 Å². The van der Waals surface area contributed by atoms with E-state index in [2.05, 4.69) is 4.90 Å². The van der Waals surface area contributed by atoms with Gasteiger partial charge in [0.1, 0.15) is 0 Å². The van der Waals surface area contributed by atoms with Crippen LogP contribution in [0.15, 0.2) is 0 Å². The number of hydrogen-bond acceptors (Lipinski definition) is 2. The zero-order valence-corrected chi connectivity index (χ0v) is 10.2. The van der Waals surface area contributed by atoms with E-state index < -0.39 is 0 Å². The van der Waals surface area contributed by atoms with E-state index in [0.29, 0.717) is 5.91 Å². The van der Waals surface area contributed by atoms with Crippen molar-refractivity contribution in [2.45, 2.75) is 57.4 Å². The molecule has 2 rings (SSSR count). The molecule has 2 atom stereocenters. The van der Waals surface area contributed by atoms with E-state index in [1.165, 1.54) is 38.5 Å². The van der Waals surface area contributed by atoms with E-state index in [1.54, 1.807) is 0 Å². The molecule has 3 nitrogen and oxygen atoms in total. The molecule has 16 heavy (non-hydrogen) atoms. The van der Waals surface area contributed by atoms with Crippen molar-refractivity contribution in [1.82, 2.24) is 4.90 Å². The second-order valence-corrected chi connectivity index (χ2v) is 5.29. The van der Waals surface area contributed by atoms with Gasteiger partial charge in [0.05, 0.1) is 5.92 Å². The van der Waals surface area contributed by atoms with Gasteiger partial charge in [0, 0.05) is 19.1 Å².